The molecular formula is C25H35NO2. The molecule has 0 spiro atoms. The van der Waals surface area contributed by atoms with E-state index in [0.717, 1.165) is 17.7 Å². The van der Waals surface area contributed by atoms with Gasteiger partial charge in [0.25, 0.3) is 5.91 Å². The van der Waals surface area contributed by atoms with Gasteiger partial charge in [0, 0.05) is 0 Å². The molecule has 2 aromatic carbocycles. The monoisotopic (exact) mass is 381 g/mol. The highest BCUT2D eigenvalue weighted by Gasteiger charge is 2.23. The minimum Gasteiger partial charge on any atom is -0.481 e. The highest BCUT2D eigenvalue weighted by atomic mass is 16.5. The second-order valence-corrected chi connectivity index (χ2v) is 8.89. The Balaban J connectivity index is 2.08. The van der Waals surface area contributed by atoms with E-state index in [9.17, 15) is 4.79 Å². The number of benzene rings is 2. The van der Waals surface area contributed by atoms with Crippen molar-refractivity contribution >= 4 is 5.91 Å². The number of carbonyl (C=O) groups is 1. The Morgan fingerprint density at radius 1 is 1.00 bits per heavy atom. The van der Waals surface area contributed by atoms with Gasteiger partial charge in [-0.15, -0.1) is 0 Å². The Kier molecular flexibility index (Phi) is 7.68. The van der Waals surface area contributed by atoms with E-state index in [2.05, 4.69) is 64.2 Å². The van der Waals surface area contributed by atoms with Gasteiger partial charge in [0.2, 0.25) is 0 Å². The Bertz CT molecular complexity index is 729. The van der Waals surface area contributed by atoms with Gasteiger partial charge in [-0.3, -0.25) is 4.79 Å². The summed E-state index contributed by atoms with van der Waals surface area (Å²) in [4.78, 5) is 12.9. The second-order valence-electron chi connectivity index (χ2n) is 8.89. The summed E-state index contributed by atoms with van der Waals surface area (Å²) >= 11 is 0. The van der Waals surface area contributed by atoms with Crippen LogP contribution in [0.5, 0.6) is 5.75 Å². The number of amides is 1. The molecule has 0 heterocycles. The Labute approximate surface area is 170 Å². The first-order valence-corrected chi connectivity index (χ1v) is 10.3. The third kappa shape index (κ3) is 6.40. The lowest BCUT2D eigenvalue weighted by molar-refractivity contribution is -0.129. The maximum absolute atomic E-state index is 12.9. The molecule has 0 saturated heterocycles. The molecule has 0 aliphatic rings. The van der Waals surface area contributed by atoms with E-state index in [-0.39, 0.29) is 17.4 Å². The van der Waals surface area contributed by atoms with E-state index < -0.39 is 6.10 Å². The summed E-state index contributed by atoms with van der Waals surface area (Å²) in [5.74, 6) is 1.16. The molecule has 3 heteroatoms. The van der Waals surface area contributed by atoms with Gasteiger partial charge in [0.05, 0.1) is 6.04 Å². The zero-order chi connectivity index (χ0) is 20.7. The fraction of sp³-hybridized carbons (Fsp3) is 0.480. The zero-order valence-electron chi connectivity index (χ0n) is 18.2. The lowest BCUT2D eigenvalue weighted by atomic mass is 9.87. The van der Waals surface area contributed by atoms with Crippen LogP contribution in [-0.4, -0.2) is 12.0 Å². The van der Waals surface area contributed by atoms with E-state index in [1.807, 2.05) is 37.3 Å². The van der Waals surface area contributed by atoms with Crippen LogP contribution in [-0.2, 0) is 10.2 Å². The SMILES string of the molecule is CC[C@H](Oc1ccc(C(C)(C)C)cc1)C(=O)N[C@H](CC(C)C)c1ccccc1. The molecule has 0 radical (unpaired) electrons. The molecule has 1 amide bonds. The Morgan fingerprint density at radius 2 is 1.61 bits per heavy atom. The zero-order valence-corrected chi connectivity index (χ0v) is 18.2. The molecule has 0 aliphatic heterocycles. The summed E-state index contributed by atoms with van der Waals surface area (Å²) in [6.45, 7) is 12.9. The van der Waals surface area contributed by atoms with E-state index in [4.69, 9.17) is 4.74 Å². The highest BCUT2D eigenvalue weighted by molar-refractivity contribution is 5.81. The molecule has 0 fully saturated rings. The highest BCUT2D eigenvalue weighted by Crippen LogP contribution is 2.25. The topological polar surface area (TPSA) is 38.3 Å². The summed E-state index contributed by atoms with van der Waals surface area (Å²) in [6, 6.07) is 18.2. The summed E-state index contributed by atoms with van der Waals surface area (Å²) in [5.41, 5.74) is 2.48. The molecule has 0 aromatic heterocycles. The molecule has 3 nitrogen and oxygen atoms in total. The standard InChI is InChI=1S/C25H35NO2/c1-7-23(28-21-15-13-20(14-16-21)25(4,5)6)24(27)26-22(17-18(2)3)19-11-9-8-10-12-19/h8-16,18,22-23H,7,17H2,1-6H3,(H,26,27)/t22-,23+/m1/s1. The summed E-state index contributed by atoms with van der Waals surface area (Å²) < 4.78 is 6.02. The summed E-state index contributed by atoms with van der Waals surface area (Å²) in [6.07, 6.45) is 1.02. The number of carbonyl (C=O) groups excluding carboxylic acids is 1. The van der Waals surface area contributed by atoms with Crippen molar-refractivity contribution in [3.63, 3.8) is 0 Å². The first-order valence-electron chi connectivity index (χ1n) is 10.3. The predicted molar refractivity (Wildman–Crippen MR) is 117 cm³/mol. The third-order valence-corrected chi connectivity index (χ3v) is 4.89. The molecule has 2 atom stereocenters. The number of hydrogen-bond donors (Lipinski definition) is 1. The van der Waals surface area contributed by atoms with Crippen LogP contribution in [0.25, 0.3) is 0 Å². The van der Waals surface area contributed by atoms with Gasteiger partial charge in [-0.25, -0.2) is 0 Å². The fourth-order valence-electron chi connectivity index (χ4n) is 3.22. The molecule has 2 rings (SSSR count). The van der Waals surface area contributed by atoms with Crippen molar-refractivity contribution in [1.82, 2.24) is 5.32 Å². The molecule has 2 aromatic rings. The quantitative estimate of drug-likeness (QED) is 0.605. The van der Waals surface area contributed by atoms with Gasteiger partial charge in [-0.2, -0.15) is 0 Å². The van der Waals surface area contributed by atoms with Crippen molar-refractivity contribution in [2.75, 3.05) is 0 Å². The molecule has 0 saturated carbocycles. The normalized spacial score (nSPS) is 13.8. The van der Waals surface area contributed by atoms with E-state index in [0.29, 0.717) is 12.3 Å². The Hall–Kier alpha value is -2.29. The largest absolute Gasteiger partial charge is 0.481 e. The van der Waals surface area contributed by atoms with Gasteiger partial charge >= 0.3 is 0 Å². The number of ether oxygens (including phenoxy) is 1. The van der Waals surface area contributed by atoms with Crippen molar-refractivity contribution in [2.45, 2.75) is 71.9 Å². The van der Waals surface area contributed by atoms with Crippen molar-refractivity contribution in [3.8, 4) is 5.75 Å². The lowest BCUT2D eigenvalue weighted by Gasteiger charge is -2.25. The van der Waals surface area contributed by atoms with Crippen LogP contribution in [0, 0.1) is 5.92 Å². The van der Waals surface area contributed by atoms with Gasteiger partial charge in [-0.05, 0) is 47.4 Å². The smallest absolute Gasteiger partial charge is 0.261 e. The van der Waals surface area contributed by atoms with Crippen LogP contribution in [0.2, 0.25) is 0 Å². The van der Waals surface area contributed by atoms with Crippen molar-refractivity contribution in [3.05, 3.63) is 65.7 Å². The Morgan fingerprint density at radius 3 is 2.11 bits per heavy atom. The average molecular weight is 382 g/mol. The summed E-state index contributed by atoms with van der Waals surface area (Å²) in [7, 11) is 0. The van der Waals surface area contributed by atoms with Crippen molar-refractivity contribution in [1.29, 1.82) is 0 Å². The number of hydrogen-bond acceptors (Lipinski definition) is 2. The first-order chi connectivity index (χ1) is 13.2. The van der Waals surface area contributed by atoms with E-state index >= 15 is 0 Å². The predicted octanol–water partition coefficient (Wildman–Crippen LogP) is 6.05. The lowest BCUT2D eigenvalue weighted by Crippen LogP contribution is -2.40. The summed E-state index contributed by atoms with van der Waals surface area (Å²) in [5, 5.41) is 3.21. The molecule has 0 unspecified atom stereocenters. The molecular weight excluding hydrogens is 346 g/mol. The van der Waals surface area contributed by atoms with Crippen LogP contribution in [0.15, 0.2) is 54.6 Å². The van der Waals surface area contributed by atoms with Crippen molar-refractivity contribution in [2.24, 2.45) is 5.92 Å². The maximum Gasteiger partial charge on any atom is 0.261 e. The molecule has 0 bridgehead atoms. The fourth-order valence-corrected chi connectivity index (χ4v) is 3.22. The van der Waals surface area contributed by atoms with Crippen LogP contribution in [0.3, 0.4) is 0 Å². The molecule has 28 heavy (non-hydrogen) atoms. The van der Waals surface area contributed by atoms with Gasteiger partial charge in [0.15, 0.2) is 6.10 Å². The maximum atomic E-state index is 12.9. The van der Waals surface area contributed by atoms with Crippen LogP contribution in [0.4, 0.5) is 0 Å². The molecule has 1 N–H and O–H groups in total. The number of rotatable bonds is 8. The van der Waals surface area contributed by atoms with Crippen LogP contribution in [0.1, 0.15) is 71.6 Å². The minimum atomic E-state index is -0.501. The van der Waals surface area contributed by atoms with E-state index in [1.165, 1.54) is 5.56 Å². The van der Waals surface area contributed by atoms with E-state index in [1.54, 1.807) is 0 Å². The van der Waals surface area contributed by atoms with Gasteiger partial charge in [0.1, 0.15) is 5.75 Å². The van der Waals surface area contributed by atoms with Crippen molar-refractivity contribution < 1.29 is 9.53 Å². The van der Waals surface area contributed by atoms with Gasteiger partial charge in [-0.1, -0.05) is 84.0 Å². The number of nitrogens with one attached hydrogen (secondary N) is 1. The van der Waals surface area contributed by atoms with Crippen LogP contribution < -0.4 is 10.1 Å². The van der Waals surface area contributed by atoms with Crippen LogP contribution >= 0.6 is 0 Å². The third-order valence-electron chi connectivity index (χ3n) is 4.89. The second kappa shape index (κ2) is 9.77. The molecule has 152 valence electrons. The van der Waals surface area contributed by atoms with Gasteiger partial charge < -0.3 is 10.1 Å². The minimum absolute atomic E-state index is 0.00498. The first kappa shape index (κ1) is 22.0. The molecule has 0 aliphatic carbocycles. The average Bonchev–Trinajstić information content (AvgIpc) is 2.65.